The molecule has 0 saturated heterocycles. The minimum absolute atomic E-state index is 0.180. The van der Waals surface area contributed by atoms with Gasteiger partial charge in [0, 0.05) is 24.6 Å². The lowest BCUT2D eigenvalue weighted by molar-refractivity contribution is -0.145. The van der Waals surface area contributed by atoms with Gasteiger partial charge in [-0.05, 0) is 25.5 Å². The number of nitrogens with zero attached hydrogens (tertiary/aromatic N) is 1. The Morgan fingerprint density at radius 3 is 2.40 bits per heavy atom. The van der Waals surface area contributed by atoms with E-state index in [2.05, 4.69) is 10.3 Å². The summed E-state index contributed by atoms with van der Waals surface area (Å²) in [5.74, 6) is 0.420. The van der Waals surface area contributed by atoms with Crippen LogP contribution in [0, 0.1) is 0 Å². The molecular weight excluding hydrogens is 468 g/mol. The van der Waals surface area contributed by atoms with Crippen LogP contribution in [0.5, 0.6) is 11.5 Å². The van der Waals surface area contributed by atoms with Gasteiger partial charge >= 0.3 is 11.9 Å². The number of esters is 2. The molecule has 1 aromatic heterocycles. The van der Waals surface area contributed by atoms with Gasteiger partial charge in [0.1, 0.15) is 27.4 Å². The van der Waals surface area contributed by atoms with Gasteiger partial charge in [-0.25, -0.2) is 9.78 Å². The number of nitrogens with one attached hydrogen (secondary N) is 1. The first-order chi connectivity index (χ1) is 17.0. The standard InChI is InChI=1S/C26H30N2O6S/c1-5-33-25(29)20(14-18-12-13-19(31-3)15-22(18)32-4)27-16-21-23(26(30)34-6-2)35-24(28-21)17-10-8-7-9-11-17/h7-13,15,20,27H,5-6,14,16H2,1-4H3. The maximum atomic E-state index is 12.8. The summed E-state index contributed by atoms with van der Waals surface area (Å²) < 4.78 is 21.3. The van der Waals surface area contributed by atoms with Crippen molar-refractivity contribution in [2.45, 2.75) is 32.9 Å². The van der Waals surface area contributed by atoms with Gasteiger partial charge in [-0.3, -0.25) is 10.1 Å². The highest BCUT2D eigenvalue weighted by molar-refractivity contribution is 7.17. The van der Waals surface area contributed by atoms with E-state index in [9.17, 15) is 9.59 Å². The van der Waals surface area contributed by atoms with Crippen molar-refractivity contribution in [2.24, 2.45) is 0 Å². The van der Waals surface area contributed by atoms with Crippen molar-refractivity contribution < 1.29 is 28.5 Å². The Hall–Kier alpha value is -3.43. The molecule has 2 aromatic carbocycles. The number of carbonyl (C=O) groups is 2. The number of aromatic nitrogens is 1. The number of carbonyl (C=O) groups excluding carboxylic acids is 2. The van der Waals surface area contributed by atoms with E-state index in [4.69, 9.17) is 18.9 Å². The van der Waals surface area contributed by atoms with Crippen molar-refractivity contribution in [3.63, 3.8) is 0 Å². The van der Waals surface area contributed by atoms with E-state index < -0.39 is 18.0 Å². The summed E-state index contributed by atoms with van der Waals surface area (Å²) in [7, 11) is 3.15. The average molecular weight is 499 g/mol. The highest BCUT2D eigenvalue weighted by Gasteiger charge is 2.25. The Bertz CT molecular complexity index is 1130. The average Bonchev–Trinajstić information content (AvgIpc) is 3.31. The van der Waals surface area contributed by atoms with Crippen LogP contribution < -0.4 is 14.8 Å². The van der Waals surface area contributed by atoms with Crippen LogP contribution in [0.2, 0.25) is 0 Å². The Kier molecular flexibility index (Phi) is 9.63. The molecule has 35 heavy (non-hydrogen) atoms. The summed E-state index contributed by atoms with van der Waals surface area (Å²) in [4.78, 5) is 30.5. The smallest absolute Gasteiger partial charge is 0.350 e. The second-order valence-electron chi connectivity index (χ2n) is 7.45. The van der Waals surface area contributed by atoms with E-state index in [1.807, 2.05) is 42.5 Å². The molecule has 0 bridgehead atoms. The zero-order chi connectivity index (χ0) is 25.2. The van der Waals surface area contributed by atoms with Crippen LogP contribution in [0.15, 0.2) is 48.5 Å². The third kappa shape index (κ3) is 6.80. The van der Waals surface area contributed by atoms with Gasteiger partial charge in [0.2, 0.25) is 0 Å². The van der Waals surface area contributed by atoms with Gasteiger partial charge in [-0.1, -0.05) is 36.4 Å². The zero-order valence-corrected chi connectivity index (χ0v) is 21.1. The number of benzene rings is 2. The first-order valence-electron chi connectivity index (χ1n) is 11.3. The first kappa shape index (κ1) is 26.2. The topological polar surface area (TPSA) is 96.0 Å². The third-order valence-corrected chi connectivity index (χ3v) is 6.31. The molecule has 1 unspecified atom stereocenters. The van der Waals surface area contributed by atoms with Gasteiger partial charge in [-0.2, -0.15) is 0 Å². The van der Waals surface area contributed by atoms with E-state index in [0.717, 1.165) is 11.1 Å². The SMILES string of the molecule is CCOC(=O)c1sc(-c2ccccc2)nc1CNC(Cc1ccc(OC)cc1OC)C(=O)OCC. The van der Waals surface area contributed by atoms with Crippen LogP contribution in [0.1, 0.15) is 34.8 Å². The molecule has 0 aliphatic carbocycles. The quantitative estimate of drug-likeness (QED) is 0.370. The van der Waals surface area contributed by atoms with Crippen molar-refractivity contribution in [3.05, 3.63) is 64.7 Å². The van der Waals surface area contributed by atoms with Crippen LogP contribution in [-0.4, -0.2) is 50.4 Å². The van der Waals surface area contributed by atoms with Crippen LogP contribution >= 0.6 is 11.3 Å². The Labute approximate surface area is 209 Å². The summed E-state index contributed by atoms with van der Waals surface area (Å²) >= 11 is 1.27. The van der Waals surface area contributed by atoms with E-state index in [-0.39, 0.29) is 19.8 Å². The molecule has 186 valence electrons. The maximum absolute atomic E-state index is 12.8. The van der Waals surface area contributed by atoms with Crippen molar-refractivity contribution in [3.8, 4) is 22.1 Å². The monoisotopic (exact) mass is 498 g/mol. The van der Waals surface area contributed by atoms with E-state index in [1.165, 1.54) is 11.3 Å². The van der Waals surface area contributed by atoms with E-state index in [0.29, 0.717) is 33.5 Å². The predicted molar refractivity (Wildman–Crippen MR) is 134 cm³/mol. The predicted octanol–water partition coefficient (Wildman–Crippen LogP) is 4.27. The second-order valence-corrected chi connectivity index (χ2v) is 8.45. The molecule has 3 rings (SSSR count). The van der Waals surface area contributed by atoms with Crippen molar-refractivity contribution in [1.29, 1.82) is 0 Å². The summed E-state index contributed by atoms with van der Waals surface area (Å²) in [5, 5.41) is 3.93. The van der Waals surface area contributed by atoms with E-state index >= 15 is 0 Å². The van der Waals surface area contributed by atoms with Crippen LogP contribution in [0.3, 0.4) is 0 Å². The fourth-order valence-electron chi connectivity index (χ4n) is 3.47. The molecule has 0 amide bonds. The summed E-state index contributed by atoms with van der Waals surface area (Å²) in [6.45, 7) is 4.20. The molecule has 1 N–H and O–H groups in total. The number of hydrogen-bond acceptors (Lipinski definition) is 9. The van der Waals surface area contributed by atoms with E-state index in [1.54, 1.807) is 34.1 Å². The highest BCUT2D eigenvalue weighted by atomic mass is 32.1. The first-order valence-corrected chi connectivity index (χ1v) is 12.1. The fourth-order valence-corrected chi connectivity index (χ4v) is 4.45. The van der Waals surface area contributed by atoms with Crippen LogP contribution in [0.4, 0.5) is 0 Å². The molecule has 0 radical (unpaired) electrons. The highest BCUT2D eigenvalue weighted by Crippen LogP contribution is 2.29. The van der Waals surface area contributed by atoms with Gasteiger partial charge < -0.3 is 18.9 Å². The number of hydrogen-bond donors (Lipinski definition) is 1. The molecule has 0 spiro atoms. The minimum atomic E-state index is -0.686. The fraction of sp³-hybridized carbons (Fsp3) is 0.346. The molecule has 3 aromatic rings. The van der Waals surface area contributed by atoms with Crippen molar-refractivity contribution in [1.82, 2.24) is 10.3 Å². The largest absolute Gasteiger partial charge is 0.497 e. The molecule has 0 fully saturated rings. The van der Waals surface area contributed by atoms with Crippen molar-refractivity contribution >= 4 is 23.3 Å². The zero-order valence-electron chi connectivity index (χ0n) is 20.3. The van der Waals surface area contributed by atoms with Gasteiger partial charge in [0.05, 0.1) is 33.1 Å². The lowest BCUT2D eigenvalue weighted by Gasteiger charge is -2.19. The Morgan fingerprint density at radius 2 is 1.74 bits per heavy atom. The number of rotatable bonds is 12. The van der Waals surface area contributed by atoms with Crippen LogP contribution in [-0.2, 0) is 27.2 Å². The number of thiazole rings is 1. The molecule has 1 atom stereocenters. The van der Waals surface area contributed by atoms with Crippen LogP contribution in [0.25, 0.3) is 10.6 Å². The Balaban J connectivity index is 1.87. The van der Waals surface area contributed by atoms with Crippen molar-refractivity contribution in [2.75, 3.05) is 27.4 Å². The normalized spacial score (nSPS) is 11.5. The third-order valence-electron chi connectivity index (χ3n) is 5.18. The van der Waals surface area contributed by atoms with Gasteiger partial charge in [-0.15, -0.1) is 11.3 Å². The van der Waals surface area contributed by atoms with Gasteiger partial charge in [0.15, 0.2) is 0 Å². The van der Waals surface area contributed by atoms with Gasteiger partial charge in [0.25, 0.3) is 0 Å². The molecule has 0 saturated carbocycles. The molecule has 9 heteroatoms. The number of methoxy groups -OCH3 is 2. The summed E-state index contributed by atoms with van der Waals surface area (Å²) in [6, 6.07) is 14.4. The molecule has 8 nitrogen and oxygen atoms in total. The molecular formula is C26H30N2O6S. The lowest BCUT2D eigenvalue weighted by atomic mass is 10.0. The number of ether oxygens (including phenoxy) is 4. The molecule has 0 aliphatic heterocycles. The molecule has 0 aliphatic rings. The maximum Gasteiger partial charge on any atom is 0.350 e. The summed E-state index contributed by atoms with van der Waals surface area (Å²) in [6.07, 6.45) is 0.316. The lowest BCUT2D eigenvalue weighted by Crippen LogP contribution is -2.40. The summed E-state index contributed by atoms with van der Waals surface area (Å²) in [5.41, 5.74) is 2.23. The Morgan fingerprint density at radius 1 is 1.00 bits per heavy atom. The molecule has 1 heterocycles. The second kappa shape index (κ2) is 12.9. The minimum Gasteiger partial charge on any atom is -0.497 e.